The van der Waals surface area contributed by atoms with Gasteiger partial charge < -0.3 is 8.83 Å². The molecule has 0 aliphatic heterocycles. The summed E-state index contributed by atoms with van der Waals surface area (Å²) < 4.78 is 17.8. The lowest BCUT2D eigenvalue weighted by atomic mass is 9.89. The molecule has 0 saturated heterocycles. The van der Waals surface area contributed by atoms with Crippen LogP contribution in [0.5, 0.6) is 0 Å². The Morgan fingerprint density at radius 3 is 0.659 bits per heavy atom. The second-order valence-electron chi connectivity index (χ2n) is 34.3. The van der Waals surface area contributed by atoms with E-state index in [1.54, 1.807) is 24.8 Å². The minimum atomic E-state index is 0.875. The van der Waals surface area contributed by atoms with Crippen LogP contribution in [0.4, 0.5) is 0 Å². The van der Waals surface area contributed by atoms with Crippen molar-refractivity contribution >= 4 is 323 Å². The predicted octanol–water partition coefficient (Wildman–Crippen LogP) is 33.5. The molecule has 8 heterocycles. The number of thiophene rings is 2. The molecule has 32 aromatic rings. The Morgan fingerprint density at radius 1 is 0.129 bits per heavy atom. The van der Waals surface area contributed by atoms with Crippen LogP contribution in [-0.4, -0.2) is 39.9 Å². The number of hydrogen-bond donors (Lipinski definition) is 0. The number of furan rings is 2. The van der Waals surface area contributed by atoms with Gasteiger partial charge in [0.25, 0.3) is 0 Å². The molecule has 32 rings (SSSR count). The van der Waals surface area contributed by atoms with Crippen LogP contribution in [0.15, 0.2) is 398 Å². The fraction of sp³-hybridized carbons (Fsp3) is 0. The molecular weight excluding hydrogens is 1650 g/mol. The third-order valence-electron chi connectivity index (χ3n) is 27.6. The Hall–Kier alpha value is -17.2. The van der Waals surface area contributed by atoms with Gasteiger partial charge in [0.1, 0.15) is 22.3 Å². The zero-order valence-electron chi connectivity index (χ0n) is 70.2. The summed E-state index contributed by atoms with van der Waals surface area (Å²) in [5, 5.41) is 48.6. The van der Waals surface area contributed by atoms with Crippen molar-refractivity contribution in [2.75, 3.05) is 0 Å². The number of fused-ring (bicyclic) bond motifs is 56. The fourth-order valence-corrected chi connectivity index (χ4v) is 24.5. The summed E-state index contributed by atoms with van der Waals surface area (Å²) in [5.41, 5.74) is 11.2. The van der Waals surface area contributed by atoms with Gasteiger partial charge in [0.05, 0.1) is 44.1 Å². The van der Waals surface area contributed by atoms with Crippen LogP contribution in [0, 0.1) is 0 Å². The maximum atomic E-state index is 6.29. The van der Waals surface area contributed by atoms with E-state index >= 15 is 0 Å². The number of para-hydroxylation sites is 2. The summed E-state index contributed by atoms with van der Waals surface area (Å²) in [5.74, 6) is 0. The molecule has 0 unspecified atom stereocenters. The van der Waals surface area contributed by atoms with Crippen LogP contribution in [0.25, 0.3) is 301 Å². The van der Waals surface area contributed by atoms with Crippen molar-refractivity contribution in [3.8, 4) is 0 Å². The summed E-state index contributed by atoms with van der Waals surface area (Å²) in [6.45, 7) is 0. The SMILES string of the molecule is c1ccc2c(c1)oc1cc3c(cc12)c1c2ccccc2c2ccccc2c1c1nccnc31.c1ccc2c(c1)oc1cc3c(cc12)c1nccnc1c1c2ccccc2c2ccccc2c31.c1ccc2c(c1)sc1cc3c(cc12)c1c2ccccc2c2ccccc2c1c1nccnc31.c1ccc2c(c1)sc1cc3c(cc12)c1nccnc1c1c2ccccc2c2ccccc2c31. The predicted molar refractivity (Wildman–Crippen MR) is 559 cm³/mol. The summed E-state index contributed by atoms with van der Waals surface area (Å²) in [6.07, 6.45) is 14.4. The molecule has 0 radical (unpaired) electrons. The summed E-state index contributed by atoms with van der Waals surface area (Å²) in [6, 6.07) is 122. The number of hydrogen-bond acceptors (Lipinski definition) is 12. The molecule has 10 nitrogen and oxygen atoms in total. The highest BCUT2D eigenvalue weighted by Gasteiger charge is 2.26. The average molecular weight is 1710 g/mol. The van der Waals surface area contributed by atoms with Crippen LogP contribution in [0.3, 0.4) is 0 Å². The molecule has 12 heteroatoms. The highest BCUT2D eigenvalue weighted by atomic mass is 32.1. The maximum absolute atomic E-state index is 6.29. The quantitative estimate of drug-likeness (QED) is 0.135. The monoisotopic (exact) mass is 1710 g/mol. The number of rotatable bonds is 0. The second-order valence-corrected chi connectivity index (χ2v) is 36.5. The third-order valence-corrected chi connectivity index (χ3v) is 29.9. The first-order valence-corrected chi connectivity index (χ1v) is 46.0. The minimum Gasteiger partial charge on any atom is -0.456 e. The lowest BCUT2D eigenvalue weighted by molar-refractivity contribution is 0.669. The molecule has 0 fully saturated rings. The number of nitrogens with zero attached hydrogens (tertiary/aromatic N) is 8. The molecule has 0 atom stereocenters. The van der Waals surface area contributed by atoms with Crippen LogP contribution in [0.2, 0.25) is 0 Å². The summed E-state index contributed by atoms with van der Waals surface area (Å²) >= 11 is 3.71. The Bertz CT molecular complexity index is 10100. The zero-order chi connectivity index (χ0) is 86.1. The van der Waals surface area contributed by atoms with Crippen molar-refractivity contribution < 1.29 is 8.83 Å². The van der Waals surface area contributed by atoms with E-state index in [-0.39, 0.29) is 0 Å². The van der Waals surface area contributed by atoms with Crippen molar-refractivity contribution in [2.24, 2.45) is 0 Å². The highest BCUT2D eigenvalue weighted by molar-refractivity contribution is 7.26. The van der Waals surface area contributed by atoms with E-state index in [4.69, 9.17) is 48.7 Å². The normalized spacial score (nSPS) is 12.2. The molecule has 132 heavy (non-hydrogen) atoms. The van der Waals surface area contributed by atoms with E-state index in [0.717, 1.165) is 115 Å². The van der Waals surface area contributed by atoms with Crippen molar-refractivity contribution in [3.05, 3.63) is 389 Å². The topological polar surface area (TPSA) is 129 Å². The van der Waals surface area contributed by atoms with Crippen LogP contribution in [-0.2, 0) is 0 Å². The van der Waals surface area contributed by atoms with Crippen LogP contribution >= 0.6 is 22.7 Å². The smallest absolute Gasteiger partial charge is 0.136 e. The fourth-order valence-electron chi connectivity index (χ4n) is 22.2. The van der Waals surface area contributed by atoms with Gasteiger partial charge in [-0.05, 0) is 181 Å². The first kappa shape index (κ1) is 72.9. The van der Waals surface area contributed by atoms with Crippen molar-refractivity contribution in [1.29, 1.82) is 0 Å². The molecule has 0 bridgehead atoms. The van der Waals surface area contributed by atoms with Gasteiger partial charge in [0.2, 0.25) is 0 Å². The van der Waals surface area contributed by atoms with Crippen molar-refractivity contribution in [2.45, 2.75) is 0 Å². The van der Waals surface area contributed by atoms with Gasteiger partial charge in [-0.1, -0.05) is 267 Å². The lowest BCUT2D eigenvalue weighted by Gasteiger charge is -2.15. The minimum absolute atomic E-state index is 0.875. The van der Waals surface area contributed by atoms with Gasteiger partial charge in [0.15, 0.2) is 0 Å². The summed E-state index contributed by atoms with van der Waals surface area (Å²) in [7, 11) is 0. The van der Waals surface area contributed by atoms with Gasteiger partial charge in [0, 0.05) is 176 Å². The van der Waals surface area contributed by atoms with Gasteiger partial charge in [-0.15, -0.1) is 22.7 Å². The van der Waals surface area contributed by atoms with Gasteiger partial charge >= 0.3 is 0 Å². The molecule has 0 N–H and O–H groups in total. The largest absolute Gasteiger partial charge is 0.456 e. The third kappa shape index (κ3) is 10.5. The number of benzene rings is 24. The Kier molecular flexibility index (Phi) is 15.6. The van der Waals surface area contributed by atoms with Gasteiger partial charge in [-0.25, -0.2) is 0 Å². The molecular formula is C120H64N8O2S2. The van der Waals surface area contributed by atoms with Gasteiger partial charge in [-0.2, -0.15) is 0 Å². The molecule has 8 aromatic heterocycles. The van der Waals surface area contributed by atoms with E-state index in [1.807, 2.05) is 71.7 Å². The number of aromatic nitrogens is 8. The Labute approximate surface area is 755 Å². The Morgan fingerprint density at radius 2 is 0.333 bits per heavy atom. The van der Waals surface area contributed by atoms with E-state index in [9.17, 15) is 0 Å². The van der Waals surface area contributed by atoms with Crippen LogP contribution < -0.4 is 0 Å². The summed E-state index contributed by atoms with van der Waals surface area (Å²) in [4.78, 5) is 38.8. The average Bonchev–Trinajstić information content (AvgIpc) is 1.12. The molecule has 0 saturated carbocycles. The first-order chi connectivity index (χ1) is 65.5. The molecule has 0 spiro atoms. The zero-order valence-corrected chi connectivity index (χ0v) is 71.8. The Balaban J connectivity index is 0.0000000862. The second kappa shape index (κ2) is 28.2. The van der Waals surface area contributed by atoms with Crippen LogP contribution in [0.1, 0.15) is 0 Å². The molecule has 0 aliphatic rings. The van der Waals surface area contributed by atoms with Crippen molar-refractivity contribution in [1.82, 2.24) is 39.9 Å². The first-order valence-electron chi connectivity index (χ1n) is 44.4. The molecule has 0 amide bonds. The van der Waals surface area contributed by atoms with E-state index < -0.39 is 0 Å². The van der Waals surface area contributed by atoms with Gasteiger partial charge in [-0.3, -0.25) is 39.9 Å². The van der Waals surface area contributed by atoms with Crippen molar-refractivity contribution in [3.63, 3.8) is 0 Å². The standard InChI is InChI=1S/2C30H16N2O.2C30H16N2S/c1-3-10-20-17(7-1)18-8-2-4-11-21(18)28-27(20)23-16-26-22(19-9-5-6-12-25(19)33-26)15-24(23)29-30(28)32-14-13-31-29;1-3-10-20-17(7-1)18-8-2-4-11-21(18)28-27(20)23-15-22-19-9-5-6-12-25(19)33-26(22)16-24(23)29-30(28)32-14-13-31-29;1-3-10-20-17(7-1)18-8-2-4-11-21(18)28-27(20)23-16-26-22(19-9-5-6-12-25(19)33-26)15-24(23)29-30(28)32-14-13-31-29;1-3-10-20-17(7-1)18-8-2-4-11-21(18)28-27(20)23-15-22-19-9-5-6-12-25(19)33-26(22)16-24(23)29-30(28)32-14-13-31-29/h4*1-16H. The van der Waals surface area contributed by atoms with E-state index in [0.29, 0.717) is 0 Å². The van der Waals surface area contributed by atoms with E-state index in [1.165, 1.54) is 186 Å². The molecule has 24 aromatic carbocycles. The highest BCUT2D eigenvalue weighted by Crippen LogP contribution is 2.52. The molecule has 608 valence electrons. The van der Waals surface area contributed by atoms with E-state index in [2.05, 4.69) is 315 Å². The maximum Gasteiger partial charge on any atom is 0.136 e. The molecule has 0 aliphatic carbocycles. The lowest BCUT2D eigenvalue weighted by Crippen LogP contribution is -1.91.